The Kier molecular flexibility index (Phi) is 3.62. The third kappa shape index (κ3) is 2.57. The third-order valence-electron chi connectivity index (χ3n) is 3.47. The number of anilines is 2. The van der Waals surface area contributed by atoms with E-state index in [-0.39, 0.29) is 11.8 Å². The highest BCUT2D eigenvalue weighted by Gasteiger charge is 2.45. The number of thioether (sulfide) groups is 1. The van der Waals surface area contributed by atoms with Crippen LogP contribution in [-0.4, -0.2) is 21.5 Å². The Morgan fingerprint density at radius 2 is 2.09 bits per heavy atom. The van der Waals surface area contributed by atoms with Crippen molar-refractivity contribution in [1.82, 2.24) is 4.98 Å². The molecule has 1 atom stereocenters. The average molecular weight is 313 g/mol. The summed E-state index contributed by atoms with van der Waals surface area (Å²) in [6.07, 6.45) is 1.62. The van der Waals surface area contributed by atoms with Crippen LogP contribution in [-0.2, 0) is 9.59 Å². The maximum Gasteiger partial charge on any atom is 0.251 e. The molecule has 0 radical (unpaired) electrons. The van der Waals surface area contributed by atoms with E-state index >= 15 is 0 Å². The SMILES string of the molecule is Cc1ccnc(NC(=O)C2(C)Sc3ccccc3NC2=O)c1. The molecule has 0 spiro atoms. The van der Waals surface area contributed by atoms with Crippen molar-refractivity contribution < 1.29 is 9.59 Å². The zero-order valence-electron chi connectivity index (χ0n) is 12.2. The van der Waals surface area contributed by atoms with Gasteiger partial charge in [0.2, 0.25) is 5.91 Å². The summed E-state index contributed by atoms with van der Waals surface area (Å²) in [5.74, 6) is -0.276. The number of pyridine rings is 1. The van der Waals surface area contributed by atoms with Crippen LogP contribution in [0.3, 0.4) is 0 Å². The minimum Gasteiger partial charge on any atom is -0.323 e. The van der Waals surface area contributed by atoms with E-state index in [1.807, 2.05) is 37.3 Å². The van der Waals surface area contributed by atoms with Gasteiger partial charge in [-0.2, -0.15) is 0 Å². The van der Waals surface area contributed by atoms with Gasteiger partial charge in [-0.05, 0) is 43.7 Å². The summed E-state index contributed by atoms with van der Waals surface area (Å²) in [6.45, 7) is 3.53. The quantitative estimate of drug-likeness (QED) is 0.836. The minimum atomic E-state index is -1.24. The second-order valence-corrected chi connectivity index (χ2v) is 6.72. The Bertz CT molecular complexity index is 763. The second-order valence-electron chi connectivity index (χ2n) is 5.26. The molecule has 22 heavy (non-hydrogen) atoms. The largest absolute Gasteiger partial charge is 0.323 e. The van der Waals surface area contributed by atoms with E-state index < -0.39 is 4.75 Å². The number of nitrogens with one attached hydrogen (secondary N) is 2. The molecule has 2 aromatic rings. The first-order valence-electron chi connectivity index (χ1n) is 6.83. The molecular weight excluding hydrogens is 298 g/mol. The Balaban J connectivity index is 1.87. The number of benzene rings is 1. The summed E-state index contributed by atoms with van der Waals surface area (Å²) in [6, 6.07) is 11.0. The third-order valence-corrected chi connectivity index (χ3v) is 4.83. The van der Waals surface area contributed by atoms with Crippen molar-refractivity contribution in [3.05, 3.63) is 48.2 Å². The average Bonchev–Trinajstić information content (AvgIpc) is 2.48. The summed E-state index contributed by atoms with van der Waals surface area (Å²) in [5.41, 5.74) is 1.72. The van der Waals surface area contributed by atoms with Crippen LogP contribution in [0.4, 0.5) is 11.5 Å². The van der Waals surface area contributed by atoms with E-state index in [2.05, 4.69) is 15.6 Å². The number of carbonyl (C=O) groups excluding carboxylic acids is 2. The Morgan fingerprint density at radius 1 is 1.32 bits per heavy atom. The first-order valence-corrected chi connectivity index (χ1v) is 7.64. The Morgan fingerprint density at radius 3 is 2.86 bits per heavy atom. The van der Waals surface area contributed by atoms with E-state index in [0.29, 0.717) is 5.82 Å². The van der Waals surface area contributed by atoms with Gasteiger partial charge in [0, 0.05) is 11.1 Å². The van der Waals surface area contributed by atoms with Crippen LogP contribution >= 0.6 is 11.8 Å². The van der Waals surface area contributed by atoms with E-state index in [1.54, 1.807) is 19.2 Å². The molecule has 2 amide bonds. The lowest BCUT2D eigenvalue weighted by Gasteiger charge is -2.31. The van der Waals surface area contributed by atoms with Gasteiger partial charge in [-0.25, -0.2) is 4.98 Å². The summed E-state index contributed by atoms with van der Waals surface area (Å²) >= 11 is 1.25. The molecule has 0 fully saturated rings. The molecule has 6 heteroatoms. The number of hydrogen-bond acceptors (Lipinski definition) is 4. The Hall–Kier alpha value is -2.34. The Labute approximate surface area is 132 Å². The first kappa shape index (κ1) is 14.6. The molecule has 0 saturated carbocycles. The van der Waals surface area contributed by atoms with Crippen molar-refractivity contribution >= 4 is 35.1 Å². The van der Waals surface area contributed by atoms with E-state index in [1.165, 1.54) is 11.8 Å². The zero-order valence-corrected chi connectivity index (χ0v) is 13.0. The van der Waals surface area contributed by atoms with Gasteiger partial charge in [0.25, 0.3) is 5.91 Å². The monoisotopic (exact) mass is 313 g/mol. The summed E-state index contributed by atoms with van der Waals surface area (Å²) in [7, 11) is 0. The molecule has 112 valence electrons. The molecule has 0 saturated heterocycles. The van der Waals surface area contributed by atoms with Crippen molar-refractivity contribution in [2.24, 2.45) is 0 Å². The van der Waals surface area contributed by atoms with Crippen molar-refractivity contribution in [2.45, 2.75) is 23.5 Å². The molecule has 2 heterocycles. The van der Waals surface area contributed by atoms with Crippen LogP contribution in [0.2, 0.25) is 0 Å². The fraction of sp³-hybridized carbons (Fsp3) is 0.188. The molecule has 1 aliphatic heterocycles. The van der Waals surface area contributed by atoms with Gasteiger partial charge in [-0.3, -0.25) is 9.59 Å². The van der Waals surface area contributed by atoms with Gasteiger partial charge in [-0.15, -0.1) is 0 Å². The number of fused-ring (bicyclic) bond motifs is 1. The normalized spacial score (nSPS) is 20.0. The predicted octanol–water partition coefficient (Wildman–Crippen LogP) is 2.83. The lowest BCUT2D eigenvalue weighted by molar-refractivity contribution is -0.126. The van der Waals surface area contributed by atoms with Gasteiger partial charge < -0.3 is 10.6 Å². The van der Waals surface area contributed by atoms with E-state index in [9.17, 15) is 9.59 Å². The molecule has 1 aromatic heterocycles. The molecule has 0 aliphatic carbocycles. The number of hydrogen-bond donors (Lipinski definition) is 2. The highest BCUT2D eigenvalue weighted by Crippen LogP contribution is 2.42. The van der Waals surface area contributed by atoms with Crippen LogP contribution in [0.1, 0.15) is 12.5 Å². The number of nitrogens with zero attached hydrogens (tertiary/aromatic N) is 1. The second kappa shape index (κ2) is 5.46. The van der Waals surface area contributed by atoms with Crippen LogP contribution in [0.5, 0.6) is 0 Å². The molecular formula is C16H15N3O2S. The van der Waals surface area contributed by atoms with E-state index in [4.69, 9.17) is 0 Å². The summed E-state index contributed by atoms with van der Waals surface area (Å²) in [4.78, 5) is 29.9. The maximum absolute atomic E-state index is 12.6. The zero-order chi connectivity index (χ0) is 15.7. The minimum absolute atomic E-state index is 0.332. The van der Waals surface area contributed by atoms with Crippen molar-refractivity contribution in [1.29, 1.82) is 0 Å². The van der Waals surface area contributed by atoms with Crippen molar-refractivity contribution in [3.63, 3.8) is 0 Å². The number of aromatic nitrogens is 1. The number of aryl methyl sites for hydroxylation is 1. The fourth-order valence-electron chi connectivity index (χ4n) is 2.16. The molecule has 2 N–H and O–H groups in total. The van der Waals surface area contributed by atoms with Gasteiger partial charge in [0.05, 0.1) is 5.69 Å². The molecule has 1 aliphatic rings. The number of para-hydroxylation sites is 1. The van der Waals surface area contributed by atoms with Crippen LogP contribution in [0.15, 0.2) is 47.5 Å². The topological polar surface area (TPSA) is 71.1 Å². The smallest absolute Gasteiger partial charge is 0.251 e. The highest BCUT2D eigenvalue weighted by atomic mass is 32.2. The van der Waals surface area contributed by atoms with Gasteiger partial charge in [-0.1, -0.05) is 23.9 Å². The van der Waals surface area contributed by atoms with Crippen LogP contribution < -0.4 is 10.6 Å². The first-order chi connectivity index (χ1) is 10.5. The molecule has 1 unspecified atom stereocenters. The molecule has 1 aromatic carbocycles. The molecule has 5 nitrogen and oxygen atoms in total. The van der Waals surface area contributed by atoms with Crippen LogP contribution in [0.25, 0.3) is 0 Å². The number of amides is 2. The summed E-state index contributed by atoms with van der Waals surface area (Å²) < 4.78 is -1.24. The molecule has 3 rings (SSSR count). The standard InChI is InChI=1S/C16H15N3O2S/c1-10-7-8-17-13(9-10)19-15(21)16(2)14(20)18-11-5-3-4-6-12(11)22-16/h3-9H,1-2H3,(H,18,20)(H,17,19,21). The lowest BCUT2D eigenvalue weighted by Crippen LogP contribution is -2.49. The predicted molar refractivity (Wildman–Crippen MR) is 86.9 cm³/mol. The van der Waals surface area contributed by atoms with E-state index in [0.717, 1.165) is 16.1 Å². The lowest BCUT2D eigenvalue weighted by atomic mass is 10.1. The van der Waals surface area contributed by atoms with Crippen LogP contribution in [0, 0.1) is 6.92 Å². The highest BCUT2D eigenvalue weighted by molar-refractivity contribution is 8.02. The number of carbonyl (C=O) groups is 2. The summed E-state index contributed by atoms with van der Waals surface area (Å²) in [5, 5.41) is 5.51. The van der Waals surface area contributed by atoms with Gasteiger partial charge >= 0.3 is 0 Å². The number of rotatable bonds is 2. The van der Waals surface area contributed by atoms with Gasteiger partial charge in [0.1, 0.15) is 5.82 Å². The fourth-order valence-corrected chi connectivity index (χ4v) is 3.26. The van der Waals surface area contributed by atoms with Gasteiger partial charge in [0.15, 0.2) is 4.75 Å². The van der Waals surface area contributed by atoms with Crippen molar-refractivity contribution in [3.8, 4) is 0 Å². The van der Waals surface area contributed by atoms with Crippen molar-refractivity contribution in [2.75, 3.05) is 10.6 Å². The maximum atomic E-state index is 12.6. The molecule has 0 bridgehead atoms.